The van der Waals surface area contributed by atoms with Crippen LogP contribution in [0, 0.1) is 5.92 Å². The first-order chi connectivity index (χ1) is 9.71. The highest BCUT2D eigenvalue weighted by Gasteiger charge is 2.33. The summed E-state index contributed by atoms with van der Waals surface area (Å²) in [5, 5.41) is 2.82. The van der Waals surface area contributed by atoms with Crippen molar-refractivity contribution in [3.05, 3.63) is 29.5 Å². The molecule has 1 aliphatic heterocycles. The van der Waals surface area contributed by atoms with Gasteiger partial charge in [0.05, 0.1) is 14.2 Å². The fourth-order valence-corrected chi connectivity index (χ4v) is 2.14. The first kappa shape index (κ1) is 12.7. The second kappa shape index (κ2) is 5.00. The monoisotopic (exact) mass is 272 g/mol. The molecule has 20 heavy (non-hydrogen) atoms. The topological polar surface area (TPSA) is 59.9 Å². The Morgan fingerprint density at radius 1 is 1.25 bits per heavy atom. The third-order valence-electron chi connectivity index (χ3n) is 3.39. The van der Waals surface area contributed by atoms with Crippen molar-refractivity contribution in [2.75, 3.05) is 14.2 Å². The van der Waals surface area contributed by atoms with Gasteiger partial charge in [-0.05, 0) is 36.6 Å². The quantitative estimate of drug-likeness (QED) is 0.853. The largest absolute Gasteiger partial charge is 0.493 e. The van der Waals surface area contributed by atoms with Gasteiger partial charge in [-0.3, -0.25) is 4.79 Å². The summed E-state index contributed by atoms with van der Waals surface area (Å²) in [6, 6.07) is 5.50. The highest BCUT2D eigenvalue weighted by molar-refractivity contribution is 6.15. The van der Waals surface area contributed by atoms with Crippen molar-refractivity contribution in [1.82, 2.24) is 5.32 Å². The number of carbonyl (C=O) groups is 1. The van der Waals surface area contributed by atoms with Crippen molar-refractivity contribution >= 4 is 17.8 Å². The first-order valence-electron chi connectivity index (χ1n) is 6.55. The summed E-state index contributed by atoms with van der Waals surface area (Å²) in [6.07, 6.45) is 3.98. The van der Waals surface area contributed by atoms with E-state index in [0.717, 1.165) is 24.2 Å². The van der Waals surface area contributed by atoms with E-state index in [1.165, 1.54) is 0 Å². The van der Waals surface area contributed by atoms with Crippen LogP contribution >= 0.6 is 0 Å². The van der Waals surface area contributed by atoms with Gasteiger partial charge in [0.25, 0.3) is 5.91 Å². The van der Waals surface area contributed by atoms with Crippen LogP contribution in [0.3, 0.4) is 0 Å². The van der Waals surface area contributed by atoms with Crippen molar-refractivity contribution in [3.8, 4) is 11.5 Å². The SMILES string of the molecule is COc1ccc(/C=C2/N=C(C3CC3)NC2=O)cc1OC. The maximum atomic E-state index is 11.8. The third kappa shape index (κ3) is 2.39. The van der Waals surface area contributed by atoms with E-state index in [0.29, 0.717) is 23.1 Å². The lowest BCUT2D eigenvalue weighted by molar-refractivity contribution is -0.115. The van der Waals surface area contributed by atoms with Crippen LogP contribution in [0.5, 0.6) is 11.5 Å². The summed E-state index contributed by atoms with van der Waals surface area (Å²) < 4.78 is 10.4. The minimum absolute atomic E-state index is 0.137. The molecule has 1 N–H and O–H groups in total. The zero-order chi connectivity index (χ0) is 14.1. The molecule has 1 aliphatic carbocycles. The highest BCUT2D eigenvalue weighted by Crippen LogP contribution is 2.33. The van der Waals surface area contributed by atoms with E-state index in [-0.39, 0.29) is 5.91 Å². The van der Waals surface area contributed by atoms with Crippen LogP contribution in [0.25, 0.3) is 6.08 Å². The van der Waals surface area contributed by atoms with Gasteiger partial charge in [0.2, 0.25) is 0 Å². The Kier molecular flexibility index (Phi) is 3.18. The molecule has 3 rings (SSSR count). The maximum absolute atomic E-state index is 11.8. The van der Waals surface area contributed by atoms with Gasteiger partial charge in [-0.25, -0.2) is 4.99 Å². The number of hydrogen-bond donors (Lipinski definition) is 1. The summed E-state index contributed by atoms with van der Waals surface area (Å²) >= 11 is 0. The number of rotatable bonds is 4. The van der Waals surface area contributed by atoms with Gasteiger partial charge < -0.3 is 14.8 Å². The predicted octanol–water partition coefficient (Wildman–Crippen LogP) is 1.98. The van der Waals surface area contributed by atoms with Gasteiger partial charge in [0.1, 0.15) is 11.5 Å². The van der Waals surface area contributed by atoms with Crippen molar-refractivity contribution in [2.24, 2.45) is 10.9 Å². The smallest absolute Gasteiger partial charge is 0.275 e. The van der Waals surface area contributed by atoms with Gasteiger partial charge in [-0.1, -0.05) is 6.07 Å². The van der Waals surface area contributed by atoms with Crippen LogP contribution in [0.1, 0.15) is 18.4 Å². The Hall–Kier alpha value is -2.30. The third-order valence-corrected chi connectivity index (χ3v) is 3.39. The van der Waals surface area contributed by atoms with Crippen LogP contribution in [-0.2, 0) is 4.79 Å². The number of methoxy groups -OCH3 is 2. The summed E-state index contributed by atoms with van der Waals surface area (Å²) in [7, 11) is 3.17. The maximum Gasteiger partial charge on any atom is 0.275 e. The molecule has 1 heterocycles. The van der Waals surface area contributed by atoms with Gasteiger partial charge in [0, 0.05) is 5.92 Å². The number of nitrogens with one attached hydrogen (secondary N) is 1. The van der Waals surface area contributed by atoms with Crippen LogP contribution < -0.4 is 14.8 Å². The van der Waals surface area contributed by atoms with Crippen LogP contribution in [0.2, 0.25) is 0 Å². The van der Waals surface area contributed by atoms with E-state index in [9.17, 15) is 4.79 Å². The molecule has 0 bridgehead atoms. The van der Waals surface area contributed by atoms with Gasteiger partial charge >= 0.3 is 0 Å². The Morgan fingerprint density at radius 2 is 2.00 bits per heavy atom. The summed E-state index contributed by atoms with van der Waals surface area (Å²) in [5.41, 5.74) is 1.30. The molecule has 0 spiro atoms. The van der Waals surface area contributed by atoms with Crippen LogP contribution in [0.4, 0.5) is 0 Å². The molecule has 0 radical (unpaired) electrons. The van der Waals surface area contributed by atoms with Crippen LogP contribution in [0.15, 0.2) is 28.9 Å². The Balaban J connectivity index is 1.89. The molecule has 0 atom stereocenters. The molecule has 0 aromatic heterocycles. The normalized spacial score (nSPS) is 19.8. The second-order valence-electron chi connectivity index (χ2n) is 4.87. The van der Waals surface area contributed by atoms with E-state index < -0.39 is 0 Å². The van der Waals surface area contributed by atoms with Crippen molar-refractivity contribution in [1.29, 1.82) is 0 Å². The molecule has 104 valence electrons. The minimum Gasteiger partial charge on any atom is -0.493 e. The Morgan fingerprint density at radius 3 is 2.65 bits per heavy atom. The number of aliphatic imine (C=N–C) groups is 1. The summed E-state index contributed by atoms with van der Waals surface area (Å²) in [6.45, 7) is 0. The summed E-state index contributed by atoms with van der Waals surface area (Å²) in [5.74, 6) is 2.40. The molecular formula is C15H16N2O3. The number of amides is 1. The van der Waals surface area contributed by atoms with E-state index in [1.54, 1.807) is 20.3 Å². The lowest BCUT2D eigenvalue weighted by Crippen LogP contribution is -2.25. The number of amidine groups is 1. The molecule has 1 amide bonds. The molecule has 1 aromatic carbocycles. The molecule has 5 nitrogen and oxygen atoms in total. The molecule has 2 aliphatic rings. The minimum atomic E-state index is -0.137. The predicted molar refractivity (Wildman–Crippen MR) is 75.8 cm³/mol. The molecule has 1 fully saturated rings. The first-order valence-corrected chi connectivity index (χ1v) is 6.55. The number of hydrogen-bond acceptors (Lipinski definition) is 4. The van der Waals surface area contributed by atoms with Gasteiger partial charge in [-0.2, -0.15) is 0 Å². The molecule has 0 saturated heterocycles. The van der Waals surface area contributed by atoms with Gasteiger partial charge in [0.15, 0.2) is 11.5 Å². The Labute approximate surface area is 117 Å². The molecule has 0 unspecified atom stereocenters. The summed E-state index contributed by atoms with van der Waals surface area (Å²) in [4.78, 5) is 16.2. The van der Waals surface area contributed by atoms with Crippen molar-refractivity contribution < 1.29 is 14.3 Å². The van der Waals surface area contributed by atoms with E-state index in [2.05, 4.69) is 10.3 Å². The average Bonchev–Trinajstić information content (AvgIpc) is 3.25. The van der Waals surface area contributed by atoms with E-state index in [1.807, 2.05) is 18.2 Å². The average molecular weight is 272 g/mol. The highest BCUT2D eigenvalue weighted by atomic mass is 16.5. The van der Waals surface area contributed by atoms with Crippen molar-refractivity contribution in [3.63, 3.8) is 0 Å². The van der Waals surface area contributed by atoms with E-state index >= 15 is 0 Å². The molecule has 1 aromatic rings. The molecular weight excluding hydrogens is 256 g/mol. The fraction of sp³-hybridized carbons (Fsp3) is 0.333. The molecule has 1 saturated carbocycles. The lowest BCUT2D eigenvalue weighted by atomic mass is 10.1. The fourth-order valence-electron chi connectivity index (χ4n) is 2.14. The van der Waals surface area contributed by atoms with Crippen molar-refractivity contribution in [2.45, 2.75) is 12.8 Å². The number of benzene rings is 1. The number of nitrogens with zero attached hydrogens (tertiary/aromatic N) is 1. The zero-order valence-electron chi connectivity index (χ0n) is 11.5. The second-order valence-corrected chi connectivity index (χ2v) is 4.87. The Bertz CT molecular complexity index is 616. The van der Waals surface area contributed by atoms with E-state index in [4.69, 9.17) is 9.47 Å². The standard InChI is InChI=1S/C15H16N2O3/c1-19-12-6-3-9(8-13(12)20-2)7-11-15(18)17-14(16-11)10-4-5-10/h3,6-8,10H,4-5H2,1-2H3,(H,16,17,18)/b11-7+. The molecule has 5 heteroatoms. The lowest BCUT2D eigenvalue weighted by Gasteiger charge is -2.07. The van der Waals surface area contributed by atoms with Gasteiger partial charge in [-0.15, -0.1) is 0 Å². The van der Waals surface area contributed by atoms with Crippen LogP contribution in [-0.4, -0.2) is 26.0 Å². The number of carbonyl (C=O) groups excluding carboxylic acids is 1. The zero-order valence-corrected chi connectivity index (χ0v) is 11.5. The number of ether oxygens (including phenoxy) is 2.